The van der Waals surface area contributed by atoms with E-state index in [1.54, 1.807) is 13.2 Å². The fraction of sp³-hybridized carbons (Fsp3) is 0.478. The summed E-state index contributed by atoms with van der Waals surface area (Å²) in [6, 6.07) is 12.0. The van der Waals surface area contributed by atoms with Gasteiger partial charge < -0.3 is 25.4 Å². The van der Waals surface area contributed by atoms with Crippen LogP contribution in [0.5, 0.6) is 11.5 Å². The van der Waals surface area contributed by atoms with Crippen molar-refractivity contribution in [1.82, 2.24) is 15.6 Å². The molecule has 0 saturated carbocycles. The van der Waals surface area contributed by atoms with E-state index in [1.807, 2.05) is 38.1 Å². The molecule has 0 saturated heterocycles. The van der Waals surface area contributed by atoms with Gasteiger partial charge in [-0.25, -0.2) is 4.98 Å². The Hall–Kier alpha value is -2.96. The number of hydrogen-bond acceptors (Lipinski definition) is 5. The Morgan fingerprint density at radius 3 is 2.43 bits per heavy atom. The molecule has 0 radical (unpaired) electrons. The molecule has 0 fully saturated rings. The second-order valence-electron chi connectivity index (χ2n) is 6.67. The molecule has 0 aliphatic heterocycles. The fourth-order valence-corrected chi connectivity index (χ4v) is 2.94. The van der Waals surface area contributed by atoms with Crippen molar-refractivity contribution in [1.29, 1.82) is 0 Å². The van der Waals surface area contributed by atoms with E-state index in [2.05, 4.69) is 38.1 Å². The highest BCUT2D eigenvalue weighted by molar-refractivity contribution is 5.79. The molecule has 1 aromatic carbocycles. The Balaban J connectivity index is 1.64. The highest BCUT2D eigenvalue weighted by atomic mass is 16.5. The van der Waals surface area contributed by atoms with Crippen LogP contribution in [0.3, 0.4) is 0 Å². The predicted molar refractivity (Wildman–Crippen MR) is 124 cm³/mol. The lowest BCUT2D eigenvalue weighted by molar-refractivity contribution is 0.287. The Morgan fingerprint density at radius 1 is 0.933 bits per heavy atom. The molecule has 0 amide bonds. The zero-order chi connectivity index (χ0) is 21.4. The van der Waals surface area contributed by atoms with Gasteiger partial charge in [0, 0.05) is 32.9 Å². The fourth-order valence-electron chi connectivity index (χ4n) is 2.94. The summed E-state index contributed by atoms with van der Waals surface area (Å²) in [6.45, 7) is 7.78. The number of anilines is 1. The van der Waals surface area contributed by atoms with Crippen LogP contribution in [0, 0.1) is 0 Å². The van der Waals surface area contributed by atoms with Gasteiger partial charge in [0.05, 0.1) is 13.2 Å². The van der Waals surface area contributed by atoms with E-state index >= 15 is 0 Å². The Labute approximate surface area is 180 Å². The number of pyridine rings is 1. The lowest BCUT2D eigenvalue weighted by Gasteiger charge is -2.14. The average molecular weight is 414 g/mol. The average Bonchev–Trinajstić information content (AvgIpc) is 2.77. The van der Waals surface area contributed by atoms with Crippen molar-refractivity contribution in [3.63, 3.8) is 0 Å². The molecule has 0 bridgehead atoms. The minimum absolute atomic E-state index is 0.621. The minimum atomic E-state index is 0.621. The molecule has 2 aromatic rings. The molecule has 164 valence electrons. The smallest absolute Gasteiger partial charge is 0.190 e. The second kappa shape index (κ2) is 14.1. The number of benzene rings is 1. The van der Waals surface area contributed by atoms with Crippen LogP contribution in [-0.2, 0) is 6.42 Å². The lowest BCUT2D eigenvalue weighted by atomic mass is 10.1. The Bertz CT molecular complexity index is 753. The van der Waals surface area contributed by atoms with Crippen molar-refractivity contribution in [2.24, 2.45) is 4.99 Å². The van der Waals surface area contributed by atoms with E-state index in [9.17, 15) is 0 Å². The SMILES string of the molecule is CCOc1ccc(CCNC(=NC)NCCCCNc2ccccn2)cc1OCC. The molecule has 0 atom stereocenters. The first-order valence-electron chi connectivity index (χ1n) is 10.7. The standard InChI is InChI=1S/C23H35N5O2/c1-4-29-20-12-11-19(18-21(20)30-5-2)13-17-28-23(24-3)27-16-9-8-15-26-22-10-6-7-14-25-22/h6-7,10-12,14,18H,4-5,8-9,13,15-17H2,1-3H3,(H,25,26)(H2,24,27,28). The normalized spacial score (nSPS) is 11.1. The van der Waals surface area contributed by atoms with E-state index in [-0.39, 0.29) is 0 Å². The summed E-state index contributed by atoms with van der Waals surface area (Å²) in [6.07, 6.45) is 4.79. The maximum Gasteiger partial charge on any atom is 0.190 e. The number of guanidine groups is 1. The molecule has 0 aliphatic rings. The van der Waals surface area contributed by atoms with Crippen LogP contribution in [0.25, 0.3) is 0 Å². The van der Waals surface area contributed by atoms with E-state index in [0.717, 1.165) is 62.2 Å². The van der Waals surface area contributed by atoms with Gasteiger partial charge in [0.25, 0.3) is 0 Å². The Morgan fingerprint density at radius 2 is 1.70 bits per heavy atom. The zero-order valence-electron chi connectivity index (χ0n) is 18.4. The topological polar surface area (TPSA) is 79.8 Å². The van der Waals surface area contributed by atoms with Crippen molar-refractivity contribution < 1.29 is 9.47 Å². The summed E-state index contributed by atoms with van der Waals surface area (Å²) in [4.78, 5) is 8.55. The molecule has 2 rings (SSSR count). The summed E-state index contributed by atoms with van der Waals surface area (Å²) in [5, 5.41) is 10.1. The van der Waals surface area contributed by atoms with Gasteiger partial charge in [0.1, 0.15) is 5.82 Å². The Kier molecular flexibility index (Phi) is 11.0. The first-order chi connectivity index (χ1) is 14.8. The van der Waals surface area contributed by atoms with Gasteiger partial charge in [-0.05, 0) is 62.9 Å². The van der Waals surface area contributed by atoms with E-state index in [0.29, 0.717) is 13.2 Å². The summed E-state index contributed by atoms with van der Waals surface area (Å²) in [7, 11) is 1.79. The molecule has 0 aliphatic carbocycles. The van der Waals surface area contributed by atoms with Crippen LogP contribution >= 0.6 is 0 Å². The van der Waals surface area contributed by atoms with Crippen molar-refractivity contribution in [3.8, 4) is 11.5 Å². The molecule has 1 aromatic heterocycles. The maximum absolute atomic E-state index is 5.70. The molecule has 0 unspecified atom stereocenters. The third kappa shape index (κ3) is 8.59. The van der Waals surface area contributed by atoms with Crippen molar-refractivity contribution in [3.05, 3.63) is 48.2 Å². The van der Waals surface area contributed by atoms with Crippen LogP contribution in [-0.4, -0.2) is 50.8 Å². The number of nitrogens with zero attached hydrogens (tertiary/aromatic N) is 2. The highest BCUT2D eigenvalue weighted by Gasteiger charge is 2.06. The number of aliphatic imine (C=N–C) groups is 1. The maximum atomic E-state index is 5.70. The van der Waals surface area contributed by atoms with E-state index < -0.39 is 0 Å². The summed E-state index contributed by atoms with van der Waals surface area (Å²) < 4.78 is 11.3. The summed E-state index contributed by atoms with van der Waals surface area (Å²) in [5.74, 6) is 3.35. The van der Waals surface area contributed by atoms with Gasteiger partial charge in [-0.2, -0.15) is 0 Å². The number of unbranched alkanes of at least 4 members (excludes halogenated alkanes) is 1. The first kappa shape index (κ1) is 23.3. The zero-order valence-corrected chi connectivity index (χ0v) is 18.4. The molecule has 3 N–H and O–H groups in total. The molecular weight excluding hydrogens is 378 g/mol. The van der Waals surface area contributed by atoms with E-state index in [4.69, 9.17) is 9.47 Å². The quantitative estimate of drug-likeness (QED) is 0.265. The number of hydrogen-bond donors (Lipinski definition) is 3. The second-order valence-corrected chi connectivity index (χ2v) is 6.67. The minimum Gasteiger partial charge on any atom is -0.490 e. The van der Waals surface area contributed by atoms with Crippen molar-refractivity contribution in [2.45, 2.75) is 33.1 Å². The van der Waals surface area contributed by atoms with Gasteiger partial charge in [0.15, 0.2) is 17.5 Å². The van der Waals surface area contributed by atoms with Crippen molar-refractivity contribution in [2.75, 3.05) is 45.2 Å². The summed E-state index contributed by atoms with van der Waals surface area (Å²) in [5.41, 5.74) is 1.20. The van der Waals surface area contributed by atoms with Crippen LogP contribution < -0.4 is 25.4 Å². The number of rotatable bonds is 13. The van der Waals surface area contributed by atoms with Gasteiger partial charge in [0.2, 0.25) is 0 Å². The molecular formula is C23H35N5O2. The van der Waals surface area contributed by atoms with Crippen LogP contribution in [0.4, 0.5) is 5.82 Å². The molecule has 7 heteroatoms. The monoisotopic (exact) mass is 413 g/mol. The first-order valence-corrected chi connectivity index (χ1v) is 10.7. The highest BCUT2D eigenvalue weighted by Crippen LogP contribution is 2.28. The number of ether oxygens (including phenoxy) is 2. The van der Waals surface area contributed by atoms with Crippen molar-refractivity contribution >= 4 is 11.8 Å². The lowest BCUT2D eigenvalue weighted by Crippen LogP contribution is -2.38. The third-order valence-corrected chi connectivity index (χ3v) is 4.40. The van der Waals surface area contributed by atoms with Crippen LogP contribution in [0.15, 0.2) is 47.6 Å². The molecule has 1 heterocycles. The van der Waals surface area contributed by atoms with Gasteiger partial charge in [-0.1, -0.05) is 12.1 Å². The molecule has 7 nitrogen and oxygen atoms in total. The van der Waals surface area contributed by atoms with Gasteiger partial charge in [-0.3, -0.25) is 4.99 Å². The van der Waals surface area contributed by atoms with E-state index in [1.165, 1.54) is 5.56 Å². The van der Waals surface area contributed by atoms with Crippen LogP contribution in [0.1, 0.15) is 32.3 Å². The molecule has 30 heavy (non-hydrogen) atoms. The summed E-state index contributed by atoms with van der Waals surface area (Å²) >= 11 is 0. The largest absolute Gasteiger partial charge is 0.490 e. The van der Waals surface area contributed by atoms with Gasteiger partial charge in [-0.15, -0.1) is 0 Å². The predicted octanol–water partition coefficient (Wildman–Crippen LogP) is 3.48. The number of nitrogens with one attached hydrogen (secondary N) is 3. The van der Waals surface area contributed by atoms with Crippen LogP contribution in [0.2, 0.25) is 0 Å². The third-order valence-electron chi connectivity index (χ3n) is 4.40. The molecule has 0 spiro atoms. The van der Waals surface area contributed by atoms with Gasteiger partial charge >= 0.3 is 0 Å². The number of aromatic nitrogens is 1.